The predicted molar refractivity (Wildman–Crippen MR) is 96.3 cm³/mol. The molecule has 1 spiro atoms. The van der Waals surface area contributed by atoms with Crippen LogP contribution in [0.15, 0.2) is 23.4 Å². The third kappa shape index (κ3) is 1.95. The molecule has 5 rings (SSSR count). The highest BCUT2D eigenvalue weighted by Crippen LogP contribution is 2.71. The monoisotopic (exact) mass is 355 g/mol. The van der Waals surface area contributed by atoms with Gasteiger partial charge in [0.05, 0.1) is 11.8 Å². The normalized spacial score (nSPS) is 40.9. The smallest absolute Gasteiger partial charge is 0.308 e. The van der Waals surface area contributed by atoms with Crippen LogP contribution in [-0.4, -0.2) is 30.5 Å². The van der Waals surface area contributed by atoms with Crippen LogP contribution in [-0.2, 0) is 20.8 Å². The van der Waals surface area contributed by atoms with E-state index < -0.39 is 0 Å². The lowest BCUT2D eigenvalue weighted by Gasteiger charge is -2.49. The fourth-order valence-corrected chi connectivity index (χ4v) is 6.26. The molecule has 3 aliphatic carbocycles. The number of aryl methyl sites for hydroxylation is 1. The summed E-state index contributed by atoms with van der Waals surface area (Å²) >= 11 is 0. The van der Waals surface area contributed by atoms with Crippen molar-refractivity contribution in [2.24, 2.45) is 16.5 Å². The molecule has 1 saturated heterocycles. The maximum absolute atomic E-state index is 11.2. The molecule has 138 valence electrons. The van der Waals surface area contributed by atoms with Gasteiger partial charge in [0.25, 0.3) is 0 Å². The SMILES string of the molecule is CO/N=C1/C[C@@H]2O[C@@]23[C@@H]2CCc4cc(OC(C)=O)ccc4[C@H]2CC[C@]13C. The lowest BCUT2D eigenvalue weighted by molar-refractivity contribution is -0.131. The molecule has 1 heterocycles. The Balaban J connectivity index is 1.49. The number of hydrogen-bond acceptors (Lipinski definition) is 5. The summed E-state index contributed by atoms with van der Waals surface area (Å²) in [6.07, 6.45) is 5.56. The van der Waals surface area contributed by atoms with Gasteiger partial charge in [-0.25, -0.2) is 0 Å². The molecule has 2 saturated carbocycles. The summed E-state index contributed by atoms with van der Waals surface area (Å²) in [5.74, 6) is 1.44. The quantitative estimate of drug-likeness (QED) is 0.352. The number of carbonyl (C=O) groups excluding carboxylic acids is 1. The summed E-state index contributed by atoms with van der Waals surface area (Å²) in [6.45, 7) is 3.77. The van der Waals surface area contributed by atoms with Crippen molar-refractivity contribution in [1.82, 2.24) is 0 Å². The molecule has 5 atom stereocenters. The number of hydrogen-bond donors (Lipinski definition) is 0. The molecule has 5 nitrogen and oxygen atoms in total. The average Bonchev–Trinajstić information content (AvgIpc) is 3.26. The van der Waals surface area contributed by atoms with Gasteiger partial charge in [0.2, 0.25) is 0 Å². The maximum Gasteiger partial charge on any atom is 0.308 e. The standard InChI is InChI=1S/C21H25NO4/c1-12(23)25-14-5-6-15-13(10-14)4-7-17-16(15)8-9-20(2)18(22-24-3)11-19-21(17,20)26-19/h5-6,10,16-17,19H,4,7-9,11H2,1-3H3/b22-18-/t16-,17-,19+,20-,21+/m1/s1. The molecule has 0 N–H and O–H groups in total. The summed E-state index contributed by atoms with van der Waals surface area (Å²) in [4.78, 5) is 16.4. The number of rotatable bonds is 2. The lowest BCUT2D eigenvalue weighted by Crippen LogP contribution is -2.51. The molecule has 1 aromatic carbocycles. The minimum Gasteiger partial charge on any atom is -0.427 e. The number of oxime groups is 1. The van der Waals surface area contributed by atoms with Crippen LogP contribution in [0.3, 0.4) is 0 Å². The largest absolute Gasteiger partial charge is 0.427 e. The first-order chi connectivity index (χ1) is 12.5. The summed E-state index contributed by atoms with van der Waals surface area (Å²) in [7, 11) is 1.64. The van der Waals surface area contributed by atoms with Gasteiger partial charge in [0.15, 0.2) is 0 Å². The van der Waals surface area contributed by atoms with E-state index in [0.717, 1.165) is 32.1 Å². The number of carbonyl (C=O) groups is 1. The predicted octanol–water partition coefficient (Wildman–Crippen LogP) is 3.60. The molecule has 1 aromatic rings. The van der Waals surface area contributed by atoms with E-state index in [0.29, 0.717) is 23.7 Å². The molecule has 3 fully saturated rings. The lowest BCUT2D eigenvalue weighted by atomic mass is 9.54. The first-order valence-corrected chi connectivity index (χ1v) is 9.59. The summed E-state index contributed by atoms with van der Waals surface area (Å²) < 4.78 is 11.7. The van der Waals surface area contributed by atoms with E-state index in [1.54, 1.807) is 7.11 Å². The molecule has 0 radical (unpaired) electrons. The Labute approximate surface area is 153 Å². The Hall–Kier alpha value is -1.88. The van der Waals surface area contributed by atoms with Crippen molar-refractivity contribution in [3.05, 3.63) is 29.3 Å². The van der Waals surface area contributed by atoms with Crippen LogP contribution in [0.2, 0.25) is 0 Å². The second-order valence-corrected chi connectivity index (χ2v) is 8.40. The van der Waals surface area contributed by atoms with Crippen molar-refractivity contribution in [2.75, 3.05) is 7.11 Å². The van der Waals surface area contributed by atoms with E-state index in [-0.39, 0.29) is 17.0 Å². The van der Waals surface area contributed by atoms with Gasteiger partial charge in [-0.2, -0.15) is 0 Å². The molecular formula is C21H25NO4. The average molecular weight is 355 g/mol. The van der Waals surface area contributed by atoms with Gasteiger partial charge < -0.3 is 14.3 Å². The van der Waals surface area contributed by atoms with Crippen LogP contribution < -0.4 is 4.74 Å². The molecular weight excluding hydrogens is 330 g/mol. The minimum atomic E-state index is -0.268. The zero-order chi connectivity index (χ0) is 18.1. The van der Waals surface area contributed by atoms with Gasteiger partial charge in [-0.05, 0) is 60.8 Å². The van der Waals surface area contributed by atoms with Crippen molar-refractivity contribution in [3.8, 4) is 5.75 Å². The van der Waals surface area contributed by atoms with Gasteiger partial charge in [0.1, 0.15) is 18.5 Å². The molecule has 1 aliphatic heterocycles. The van der Waals surface area contributed by atoms with E-state index in [2.05, 4.69) is 24.2 Å². The highest BCUT2D eigenvalue weighted by atomic mass is 16.6. The first-order valence-electron chi connectivity index (χ1n) is 9.59. The minimum absolute atomic E-state index is 0.00400. The maximum atomic E-state index is 11.2. The zero-order valence-electron chi connectivity index (χ0n) is 15.6. The second kappa shape index (κ2) is 5.32. The van der Waals surface area contributed by atoms with Crippen LogP contribution in [0, 0.1) is 11.3 Å². The van der Waals surface area contributed by atoms with Crippen LogP contribution >= 0.6 is 0 Å². The third-order valence-corrected chi connectivity index (χ3v) is 7.33. The van der Waals surface area contributed by atoms with E-state index in [4.69, 9.17) is 14.3 Å². The van der Waals surface area contributed by atoms with Crippen molar-refractivity contribution >= 4 is 11.7 Å². The van der Waals surface area contributed by atoms with Crippen molar-refractivity contribution < 1.29 is 19.1 Å². The fourth-order valence-electron chi connectivity index (χ4n) is 6.26. The van der Waals surface area contributed by atoms with Crippen LogP contribution in [0.1, 0.15) is 56.6 Å². The molecule has 5 heteroatoms. The van der Waals surface area contributed by atoms with Crippen LogP contribution in [0.4, 0.5) is 0 Å². The Morgan fingerprint density at radius 1 is 1.35 bits per heavy atom. The van der Waals surface area contributed by atoms with Crippen molar-refractivity contribution in [3.63, 3.8) is 0 Å². The van der Waals surface area contributed by atoms with Gasteiger partial charge in [0, 0.05) is 18.8 Å². The molecule has 0 amide bonds. The third-order valence-electron chi connectivity index (χ3n) is 7.33. The number of nitrogens with zero attached hydrogens (tertiary/aromatic N) is 1. The zero-order valence-corrected chi connectivity index (χ0v) is 15.6. The number of esters is 1. The second-order valence-electron chi connectivity index (χ2n) is 8.40. The fraction of sp³-hybridized carbons (Fsp3) is 0.619. The molecule has 0 unspecified atom stereocenters. The Morgan fingerprint density at radius 2 is 2.19 bits per heavy atom. The number of benzene rings is 1. The van der Waals surface area contributed by atoms with Crippen LogP contribution in [0.25, 0.3) is 0 Å². The number of epoxide rings is 1. The molecule has 4 aliphatic rings. The molecule has 0 bridgehead atoms. The van der Waals surface area contributed by atoms with Gasteiger partial charge in [-0.15, -0.1) is 0 Å². The van der Waals surface area contributed by atoms with Crippen molar-refractivity contribution in [2.45, 2.75) is 63.6 Å². The van der Waals surface area contributed by atoms with E-state index >= 15 is 0 Å². The Kier molecular flexibility index (Phi) is 3.34. The first kappa shape index (κ1) is 16.3. The topological polar surface area (TPSA) is 60.4 Å². The van der Waals surface area contributed by atoms with Gasteiger partial charge in [-0.3, -0.25) is 4.79 Å². The summed E-state index contributed by atoms with van der Waals surface area (Å²) in [5.41, 5.74) is 3.88. The van der Waals surface area contributed by atoms with E-state index in [9.17, 15) is 4.79 Å². The Bertz CT molecular complexity index is 818. The van der Waals surface area contributed by atoms with E-state index in [1.807, 2.05) is 6.07 Å². The Morgan fingerprint density at radius 3 is 2.96 bits per heavy atom. The van der Waals surface area contributed by atoms with Gasteiger partial charge >= 0.3 is 5.97 Å². The number of ether oxygens (including phenoxy) is 2. The van der Waals surface area contributed by atoms with Crippen LogP contribution in [0.5, 0.6) is 5.75 Å². The summed E-state index contributed by atoms with van der Waals surface area (Å²) in [6, 6.07) is 6.15. The highest BCUT2D eigenvalue weighted by molar-refractivity contribution is 5.96. The van der Waals surface area contributed by atoms with E-state index in [1.165, 1.54) is 23.8 Å². The molecule has 26 heavy (non-hydrogen) atoms. The highest BCUT2D eigenvalue weighted by Gasteiger charge is 2.79. The van der Waals surface area contributed by atoms with Gasteiger partial charge in [-0.1, -0.05) is 18.1 Å². The molecule has 0 aromatic heterocycles. The van der Waals surface area contributed by atoms with Crippen molar-refractivity contribution in [1.29, 1.82) is 0 Å². The summed E-state index contributed by atoms with van der Waals surface area (Å²) in [5, 5.41) is 4.36. The number of fused-ring (bicyclic) bond motifs is 3.